The van der Waals surface area contributed by atoms with Crippen LogP contribution in [0, 0.1) is 11.8 Å². The van der Waals surface area contributed by atoms with Gasteiger partial charge in [-0.3, -0.25) is 0 Å². The zero-order valence-electron chi connectivity index (χ0n) is 15.6. The number of fused-ring (bicyclic) bond motifs is 3. The zero-order chi connectivity index (χ0) is 19.4. The van der Waals surface area contributed by atoms with Gasteiger partial charge in [0.2, 0.25) is 16.0 Å². The number of guanidine groups is 1. The standard InChI is InChI=1S/C21H21N3O2S/c1-4-5-14-6-7-15-11-16-8-9-17(12-19(16)18(15)10-14)21(2)13-27(25,26)24(3)20(22)23-21/h6-10,12H,11,13H2,1-3H3,(H2,22,23)/t21-/m0/s1. The van der Waals surface area contributed by atoms with Crippen molar-refractivity contribution in [2.45, 2.75) is 25.8 Å². The molecule has 1 aliphatic carbocycles. The molecule has 2 aromatic carbocycles. The van der Waals surface area contributed by atoms with Gasteiger partial charge in [0.25, 0.3) is 0 Å². The maximum Gasteiger partial charge on any atom is 0.239 e. The van der Waals surface area contributed by atoms with Crippen molar-refractivity contribution >= 4 is 16.0 Å². The van der Waals surface area contributed by atoms with E-state index in [0.29, 0.717) is 0 Å². The van der Waals surface area contributed by atoms with Gasteiger partial charge in [0.05, 0.1) is 5.75 Å². The third-order valence-electron chi connectivity index (χ3n) is 5.35. The lowest BCUT2D eigenvalue weighted by Gasteiger charge is -2.34. The molecule has 2 aliphatic rings. The van der Waals surface area contributed by atoms with Gasteiger partial charge in [-0.15, -0.1) is 5.92 Å². The Hall–Kier alpha value is -2.78. The average Bonchev–Trinajstić information content (AvgIpc) is 2.97. The zero-order valence-corrected chi connectivity index (χ0v) is 16.4. The molecule has 0 unspecified atom stereocenters. The van der Waals surface area contributed by atoms with Crippen molar-refractivity contribution in [3.63, 3.8) is 0 Å². The summed E-state index contributed by atoms with van der Waals surface area (Å²) in [6.07, 6.45) is 0.869. The van der Waals surface area contributed by atoms with E-state index in [-0.39, 0.29) is 11.7 Å². The lowest BCUT2D eigenvalue weighted by atomic mass is 9.91. The topological polar surface area (TPSA) is 75.8 Å². The fourth-order valence-corrected chi connectivity index (χ4v) is 5.28. The van der Waals surface area contributed by atoms with Crippen LogP contribution in [0.15, 0.2) is 41.4 Å². The highest BCUT2D eigenvalue weighted by Crippen LogP contribution is 2.41. The normalized spacial score (nSPS) is 22.3. The van der Waals surface area contributed by atoms with Gasteiger partial charge in [-0.2, -0.15) is 0 Å². The molecule has 0 saturated heterocycles. The number of hydrogen-bond donors (Lipinski definition) is 1. The molecule has 0 amide bonds. The summed E-state index contributed by atoms with van der Waals surface area (Å²) in [6.45, 7) is 3.64. The van der Waals surface area contributed by atoms with Crippen molar-refractivity contribution < 1.29 is 8.42 Å². The van der Waals surface area contributed by atoms with Crippen LogP contribution in [0.25, 0.3) is 11.1 Å². The number of sulfonamides is 1. The van der Waals surface area contributed by atoms with Crippen LogP contribution >= 0.6 is 0 Å². The summed E-state index contributed by atoms with van der Waals surface area (Å²) in [5.74, 6) is 5.95. The van der Waals surface area contributed by atoms with Crippen LogP contribution in [0.3, 0.4) is 0 Å². The maximum atomic E-state index is 12.5. The molecule has 6 heteroatoms. The van der Waals surface area contributed by atoms with E-state index in [0.717, 1.165) is 33.0 Å². The predicted molar refractivity (Wildman–Crippen MR) is 108 cm³/mol. The number of aliphatic imine (C=N–C) groups is 1. The molecule has 1 heterocycles. The molecular weight excluding hydrogens is 358 g/mol. The van der Waals surface area contributed by atoms with Crippen LogP contribution in [0.4, 0.5) is 0 Å². The molecule has 1 aliphatic heterocycles. The Morgan fingerprint density at radius 1 is 1.15 bits per heavy atom. The van der Waals surface area contributed by atoms with E-state index in [1.165, 1.54) is 18.2 Å². The van der Waals surface area contributed by atoms with E-state index in [2.05, 4.69) is 41.1 Å². The Morgan fingerprint density at radius 3 is 2.48 bits per heavy atom. The number of benzene rings is 2. The first-order chi connectivity index (χ1) is 12.7. The van der Waals surface area contributed by atoms with Crippen LogP contribution in [0.5, 0.6) is 0 Å². The van der Waals surface area contributed by atoms with Crippen molar-refractivity contribution in [2.24, 2.45) is 10.7 Å². The van der Waals surface area contributed by atoms with E-state index in [9.17, 15) is 8.42 Å². The summed E-state index contributed by atoms with van der Waals surface area (Å²) in [7, 11) is -2.06. The second-order valence-electron chi connectivity index (χ2n) is 7.26. The molecule has 1 atom stereocenters. The molecule has 2 N–H and O–H groups in total. The van der Waals surface area contributed by atoms with Gasteiger partial charge in [0.1, 0.15) is 5.54 Å². The van der Waals surface area contributed by atoms with E-state index in [4.69, 9.17) is 5.73 Å². The molecule has 27 heavy (non-hydrogen) atoms. The number of nitrogens with zero attached hydrogens (tertiary/aromatic N) is 2. The highest BCUT2D eigenvalue weighted by molar-refractivity contribution is 7.89. The van der Waals surface area contributed by atoms with E-state index in [1.807, 2.05) is 26.0 Å². The van der Waals surface area contributed by atoms with Gasteiger partial charge >= 0.3 is 0 Å². The molecule has 5 nitrogen and oxygen atoms in total. The van der Waals surface area contributed by atoms with Gasteiger partial charge in [-0.05, 0) is 66.3 Å². The van der Waals surface area contributed by atoms with Gasteiger partial charge in [-0.1, -0.05) is 24.1 Å². The lowest BCUT2D eigenvalue weighted by molar-refractivity contribution is 0.477. The summed E-state index contributed by atoms with van der Waals surface area (Å²) in [5.41, 5.74) is 11.6. The van der Waals surface area contributed by atoms with Crippen LogP contribution in [0.1, 0.15) is 36.1 Å². The Bertz CT molecular complexity index is 1160. The number of hydrogen-bond acceptors (Lipinski definition) is 4. The molecule has 0 fully saturated rings. The molecule has 0 spiro atoms. The Kier molecular flexibility index (Phi) is 3.83. The average molecular weight is 379 g/mol. The predicted octanol–water partition coefficient (Wildman–Crippen LogP) is 2.43. The van der Waals surface area contributed by atoms with Gasteiger partial charge in [-0.25, -0.2) is 17.7 Å². The summed E-state index contributed by atoms with van der Waals surface area (Å²) in [5, 5.41) is 0. The Balaban J connectivity index is 1.84. The Morgan fingerprint density at radius 2 is 1.81 bits per heavy atom. The molecule has 0 saturated carbocycles. The highest BCUT2D eigenvalue weighted by atomic mass is 32.2. The van der Waals surface area contributed by atoms with Crippen LogP contribution in [-0.2, 0) is 22.0 Å². The molecule has 0 bridgehead atoms. The monoisotopic (exact) mass is 379 g/mol. The van der Waals surface area contributed by atoms with Crippen molar-refractivity contribution in [1.82, 2.24) is 4.31 Å². The molecule has 0 aromatic heterocycles. The second kappa shape index (κ2) is 5.86. The van der Waals surface area contributed by atoms with Crippen LogP contribution < -0.4 is 5.73 Å². The van der Waals surface area contributed by atoms with Gasteiger partial charge in [0.15, 0.2) is 0 Å². The summed E-state index contributed by atoms with van der Waals surface area (Å²) in [4.78, 5) is 4.51. The third-order valence-corrected chi connectivity index (χ3v) is 7.30. The first-order valence-corrected chi connectivity index (χ1v) is 10.4. The number of rotatable bonds is 1. The summed E-state index contributed by atoms with van der Waals surface area (Å²) < 4.78 is 26.0. The molecule has 0 radical (unpaired) electrons. The molecular formula is C21H21N3O2S. The van der Waals surface area contributed by atoms with Gasteiger partial charge in [0, 0.05) is 12.6 Å². The third kappa shape index (κ3) is 2.79. The second-order valence-corrected chi connectivity index (χ2v) is 9.26. The largest absolute Gasteiger partial charge is 0.369 e. The fraction of sp³-hybridized carbons (Fsp3) is 0.286. The van der Waals surface area contributed by atoms with Crippen molar-refractivity contribution in [1.29, 1.82) is 0 Å². The first-order valence-electron chi connectivity index (χ1n) is 8.75. The van der Waals surface area contributed by atoms with Crippen molar-refractivity contribution in [3.8, 4) is 23.0 Å². The molecule has 138 valence electrons. The van der Waals surface area contributed by atoms with E-state index >= 15 is 0 Å². The van der Waals surface area contributed by atoms with Gasteiger partial charge < -0.3 is 5.73 Å². The van der Waals surface area contributed by atoms with Crippen LogP contribution in [0.2, 0.25) is 0 Å². The minimum Gasteiger partial charge on any atom is -0.369 e. The Labute approximate surface area is 160 Å². The summed E-state index contributed by atoms with van der Waals surface area (Å²) in [6, 6.07) is 12.4. The minimum atomic E-state index is -3.50. The lowest BCUT2D eigenvalue weighted by Crippen LogP contribution is -2.50. The van der Waals surface area contributed by atoms with E-state index < -0.39 is 15.6 Å². The molecule has 2 aromatic rings. The molecule has 4 rings (SSSR count). The fourth-order valence-electron chi connectivity index (χ4n) is 3.82. The highest BCUT2D eigenvalue weighted by Gasteiger charge is 2.40. The van der Waals surface area contributed by atoms with Crippen molar-refractivity contribution in [2.75, 3.05) is 12.8 Å². The van der Waals surface area contributed by atoms with Crippen LogP contribution in [-0.4, -0.2) is 31.5 Å². The number of nitrogens with two attached hydrogens (primary N) is 1. The smallest absolute Gasteiger partial charge is 0.239 e. The summed E-state index contributed by atoms with van der Waals surface area (Å²) >= 11 is 0. The van der Waals surface area contributed by atoms with E-state index in [1.54, 1.807) is 0 Å². The maximum absolute atomic E-state index is 12.5. The first kappa shape index (κ1) is 17.6. The minimum absolute atomic E-state index is 0.0187. The quantitative estimate of drug-likeness (QED) is 0.660. The SMILES string of the molecule is CC#Cc1ccc2c(c1)-c1cc([C@]3(C)CS(=O)(=O)N(C)C(N)=N3)ccc1C2. The van der Waals surface area contributed by atoms with Crippen molar-refractivity contribution in [3.05, 3.63) is 58.7 Å².